The van der Waals surface area contributed by atoms with E-state index in [1.54, 1.807) is 0 Å². The average Bonchev–Trinajstić information content (AvgIpc) is 3.37. The van der Waals surface area contributed by atoms with Gasteiger partial charge in [0.25, 0.3) is 5.91 Å². The minimum atomic E-state index is -1.05. The standard InChI is InChI=1S/C28H24N2O5/c31-26-23(13-12-16-6-5-7-17-14-24(27(32)33)30(26)25(16)17)29-28(34)35-15-22-20-10-3-1-8-18(20)19-9-2-4-11-21(19)22/h1-11,22-24H,12-15H2,(H,29,34)(H,32,33)/t23-,24-/m1/s1. The van der Waals surface area contributed by atoms with E-state index < -0.39 is 30.1 Å². The number of nitrogens with one attached hydrogen (secondary N) is 1. The Kier molecular flexibility index (Phi) is 5.06. The van der Waals surface area contributed by atoms with E-state index in [-0.39, 0.29) is 18.9 Å². The largest absolute Gasteiger partial charge is 0.480 e. The third kappa shape index (κ3) is 3.46. The molecule has 176 valence electrons. The predicted molar refractivity (Wildman–Crippen MR) is 129 cm³/mol. The van der Waals surface area contributed by atoms with E-state index in [4.69, 9.17) is 4.74 Å². The number of para-hydroxylation sites is 1. The fourth-order valence-corrected chi connectivity index (χ4v) is 5.74. The molecule has 0 spiro atoms. The molecule has 7 nitrogen and oxygen atoms in total. The van der Waals surface area contributed by atoms with Crippen molar-refractivity contribution in [2.45, 2.75) is 37.3 Å². The van der Waals surface area contributed by atoms with Crippen molar-refractivity contribution in [3.8, 4) is 11.1 Å². The Morgan fingerprint density at radius 2 is 1.60 bits per heavy atom. The van der Waals surface area contributed by atoms with E-state index in [9.17, 15) is 19.5 Å². The summed E-state index contributed by atoms with van der Waals surface area (Å²) in [4.78, 5) is 39.5. The number of alkyl carbamates (subject to hydrolysis) is 1. The average molecular weight is 469 g/mol. The Balaban J connectivity index is 1.19. The summed E-state index contributed by atoms with van der Waals surface area (Å²) in [6.07, 6.45) is 0.526. The topological polar surface area (TPSA) is 95.9 Å². The van der Waals surface area contributed by atoms with Crippen molar-refractivity contribution in [3.05, 3.63) is 89.0 Å². The number of carboxylic acid groups (broad SMARTS) is 1. The van der Waals surface area contributed by atoms with E-state index >= 15 is 0 Å². The number of fused-ring (bicyclic) bond motifs is 3. The SMILES string of the molecule is O=C(N[C@@H]1CCc2cccc3c2N(C1=O)[C@@H](C(=O)O)C3)OCC1c2ccccc2-c2ccccc21. The number of benzene rings is 3. The summed E-state index contributed by atoms with van der Waals surface area (Å²) >= 11 is 0. The summed E-state index contributed by atoms with van der Waals surface area (Å²) in [5.41, 5.74) is 6.95. The monoisotopic (exact) mass is 468 g/mol. The molecule has 0 bridgehead atoms. The van der Waals surface area contributed by atoms with Gasteiger partial charge in [0.1, 0.15) is 18.7 Å². The lowest BCUT2D eigenvalue weighted by molar-refractivity contribution is -0.140. The van der Waals surface area contributed by atoms with Crippen LogP contribution in [-0.2, 0) is 27.2 Å². The van der Waals surface area contributed by atoms with Crippen LogP contribution in [0.2, 0.25) is 0 Å². The second kappa shape index (κ2) is 8.27. The van der Waals surface area contributed by atoms with E-state index in [1.165, 1.54) is 4.90 Å². The first-order chi connectivity index (χ1) is 17.0. The highest BCUT2D eigenvalue weighted by Gasteiger charge is 2.44. The van der Waals surface area contributed by atoms with Crippen LogP contribution in [0.3, 0.4) is 0 Å². The molecule has 2 aliphatic heterocycles. The zero-order valence-corrected chi connectivity index (χ0v) is 18.9. The quantitative estimate of drug-likeness (QED) is 0.606. The van der Waals surface area contributed by atoms with Crippen LogP contribution in [0.4, 0.5) is 10.5 Å². The second-order valence-corrected chi connectivity index (χ2v) is 9.25. The lowest BCUT2D eigenvalue weighted by Crippen LogP contribution is -2.52. The third-order valence-electron chi connectivity index (χ3n) is 7.33. The summed E-state index contributed by atoms with van der Waals surface area (Å²) in [5.74, 6) is -1.54. The number of ether oxygens (including phenoxy) is 1. The van der Waals surface area contributed by atoms with Gasteiger partial charge in [-0.3, -0.25) is 9.69 Å². The van der Waals surface area contributed by atoms with Crippen LogP contribution in [0.1, 0.15) is 34.6 Å². The molecule has 0 radical (unpaired) electrons. The fraction of sp³-hybridized carbons (Fsp3) is 0.250. The van der Waals surface area contributed by atoms with Crippen LogP contribution in [0.25, 0.3) is 11.1 Å². The molecular weight excluding hydrogens is 444 g/mol. The molecule has 0 fully saturated rings. The van der Waals surface area contributed by atoms with Gasteiger partial charge in [-0.2, -0.15) is 0 Å². The Hall–Kier alpha value is -4.13. The minimum Gasteiger partial charge on any atom is -0.480 e. The maximum atomic E-state index is 13.4. The normalized spacial score (nSPS) is 20.0. The molecule has 7 heteroatoms. The van der Waals surface area contributed by atoms with E-state index in [0.29, 0.717) is 18.5 Å². The van der Waals surface area contributed by atoms with Crippen LogP contribution in [0, 0.1) is 0 Å². The molecule has 0 saturated carbocycles. The predicted octanol–water partition coefficient (Wildman–Crippen LogP) is 3.88. The minimum absolute atomic E-state index is 0.0835. The van der Waals surface area contributed by atoms with Crippen LogP contribution in [-0.4, -0.2) is 41.8 Å². The molecule has 0 aromatic heterocycles. The molecule has 3 aromatic rings. The number of aliphatic carboxylic acids is 1. The number of hydrogen-bond acceptors (Lipinski definition) is 4. The molecule has 6 rings (SSSR count). The van der Waals surface area contributed by atoms with Crippen LogP contribution in [0.15, 0.2) is 66.7 Å². The fourth-order valence-electron chi connectivity index (χ4n) is 5.74. The van der Waals surface area contributed by atoms with Crippen molar-refractivity contribution in [3.63, 3.8) is 0 Å². The van der Waals surface area contributed by atoms with Gasteiger partial charge in [0, 0.05) is 12.3 Å². The van der Waals surface area contributed by atoms with Gasteiger partial charge in [-0.15, -0.1) is 0 Å². The molecule has 35 heavy (non-hydrogen) atoms. The first-order valence-corrected chi connectivity index (χ1v) is 11.8. The number of aryl methyl sites for hydroxylation is 1. The molecular formula is C28H24N2O5. The Morgan fingerprint density at radius 3 is 2.29 bits per heavy atom. The lowest BCUT2D eigenvalue weighted by atomic mass is 9.98. The highest BCUT2D eigenvalue weighted by molar-refractivity contribution is 6.06. The number of carbonyl (C=O) groups excluding carboxylic acids is 2. The zero-order chi connectivity index (χ0) is 24.1. The maximum Gasteiger partial charge on any atom is 0.407 e. The van der Waals surface area contributed by atoms with Crippen molar-refractivity contribution >= 4 is 23.7 Å². The van der Waals surface area contributed by atoms with Crippen molar-refractivity contribution in [2.75, 3.05) is 11.5 Å². The van der Waals surface area contributed by atoms with Gasteiger partial charge < -0.3 is 15.2 Å². The maximum absolute atomic E-state index is 13.4. The van der Waals surface area contributed by atoms with Crippen LogP contribution < -0.4 is 10.2 Å². The smallest absolute Gasteiger partial charge is 0.407 e. The molecule has 3 aromatic carbocycles. The van der Waals surface area contributed by atoms with Crippen molar-refractivity contribution in [2.24, 2.45) is 0 Å². The zero-order valence-electron chi connectivity index (χ0n) is 18.9. The van der Waals surface area contributed by atoms with Crippen molar-refractivity contribution < 1.29 is 24.2 Å². The summed E-state index contributed by atoms with van der Waals surface area (Å²) in [5, 5.41) is 12.5. The molecule has 1 aliphatic carbocycles. The molecule has 2 N–H and O–H groups in total. The van der Waals surface area contributed by atoms with E-state index in [1.807, 2.05) is 54.6 Å². The van der Waals surface area contributed by atoms with Crippen molar-refractivity contribution in [1.29, 1.82) is 0 Å². The van der Waals surface area contributed by atoms with Gasteiger partial charge in [0.05, 0.1) is 5.69 Å². The number of anilines is 1. The summed E-state index contributed by atoms with van der Waals surface area (Å²) in [7, 11) is 0. The summed E-state index contributed by atoms with van der Waals surface area (Å²) in [6, 6.07) is 20.0. The second-order valence-electron chi connectivity index (χ2n) is 9.25. The van der Waals surface area contributed by atoms with Gasteiger partial charge in [-0.1, -0.05) is 66.7 Å². The van der Waals surface area contributed by atoms with E-state index in [2.05, 4.69) is 17.4 Å². The molecule has 2 atom stereocenters. The first kappa shape index (κ1) is 21.4. The highest BCUT2D eigenvalue weighted by atomic mass is 16.5. The Labute approximate surface area is 202 Å². The number of carbonyl (C=O) groups is 3. The van der Waals surface area contributed by atoms with Gasteiger partial charge >= 0.3 is 12.1 Å². The number of nitrogens with zero attached hydrogens (tertiary/aromatic N) is 1. The van der Waals surface area contributed by atoms with E-state index in [0.717, 1.165) is 33.4 Å². The van der Waals surface area contributed by atoms with Gasteiger partial charge in [0.2, 0.25) is 0 Å². The Morgan fingerprint density at radius 1 is 0.943 bits per heavy atom. The lowest BCUT2D eigenvalue weighted by Gasteiger charge is -2.26. The molecule has 2 heterocycles. The third-order valence-corrected chi connectivity index (χ3v) is 7.33. The number of carboxylic acids is 1. The summed E-state index contributed by atoms with van der Waals surface area (Å²) < 4.78 is 5.63. The first-order valence-electron chi connectivity index (χ1n) is 11.8. The number of rotatable bonds is 4. The number of hydrogen-bond donors (Lipinski definition) is 2. The Bertz CT molecular complexity index is 1320. The van der Waals surface area contributed by atoms with Gasteiger partial charge in [-0.05, 0) is 46.2 Å². The molecule has 2 amide bonds. The van der Waals surface area contributed by atoms with Crippen molar-refractivity contribution in [1.82, 2.24) is 5.32 Å². The molecule has 0 unspecified atom stereocenters. The van der Waals surface area contributed by atoms with Crippen LogP contribution >= 0.6 is 0 Å². The molecule has 3 aliphatic rings. The number of amides is 2. The molecule has 0 saturated heterocycles. The highest BCUT2D eigenvalue weighted by Crippen LogP contribution is 2.44. The van der Waals surface area contributed by atoms with Crippen LogP contribution in [0.5, 0.6) is 0 Å². The summed E-state index contributed by atoms with van der Waals surface area (Å²) in [6.45, 7) is 0.145. The van der Waals surface area contributed by atoms with Gasteiger partial charge in [0.15, 0.2) is 0 Å². The van der Waals surface area contributed by atoms with Gasteiger partial charge in [-0.25, -0.2) is 9.59 Å².